The zero-order valence-electron chi connectivity index (χ0n) is 14.6. The maximum atomic E-state index is 12.6. The van der Waals surface area contributed by atoms with E-state index in [2.05, 4.69) is 5.32 Å². The average Bonchev–Trinajstić information content (AvgIpc) is 2.66. The van der Waals surface area contributed by atoms with Crippen molar-refractivity contribution in [3.8, 4) is 22.8 Å². The first-order chi connectivity index (χ1) is 13.0. The van der Waals surface area contributed by atoms with Crippen LogP contribution in [-0.2, 0) is 4.79 Å². The Bertz CT molecular complexity index is 1120. The predicted molar refractivity (Wildman–Crippen MR) is 100 cm³/mol. The summed E-state index contributed by atoms with van der Waals surface area (Å²) in [5.74, 6) is 0.639. The first kappa shape index (κ1) is 16.9. The van der Waals surface area contributed by atoms with Crippen LogP contribution in [-0.4, -0.2) is 26.7 Å². The van der Waals surface area contributed by atoms with Gasteiger partial charge in [0.25, 0.3) is 0 Å². The number of ether oxygens (including phenoxy) is 2. The van der Waals surface area contributed by atoms with Gasteiger partial charge in [-0.2, -0.15) is 0 Å². The molecular weight excluding hydrogens is 352 g/mol. The number of methoxy groups -OCH3 is 2. The van der Waals surface area contributed by atoms with Crippen molar-refractivity contribution in [2.75, 3.05) is 31.1 Å². The van der Waals surface area contributed by atoms with Crippen LogP contribution in [0.25, 0.3) is 22.3 Å². The van der Waals surface area contributed by atoms with Gasteiger partial charge in [-0.05, 0) is 30.3 Å². The van der Waals surface area contributed by atoms with Gasteiger partial charge in [0.15, 0.2) is 16.8 Å². The van der Waals surface area contributed by atoms with Crippen molar-refractivity contribution in [3.63, 3.8) is 0 Å². The van der Waals surface area contributed by atoms with Crippen molar-refractivity contribution < 1.29 is 18.7 Å². The summed E-state index contributed by atoms with van der Waals surface area (Å²) >= 11 is 0. The summed E-state index contributed by atoms with van der Waals surface area (Å²) in [6, 6.07) is 9.42. The summed E-state index contributed by atoms with van der Waals surface area (Å²) in [5, 5.41) is 15.7. The van der Waals surface area contributed by atoms with Crippen molar-refractivity contribution in [2.24, 2.45) is 0 Å². The molecule has 0 fully saturated rings. The number of carbonyl (C=O) groups is 1. The fraction of sp³-hybridized carbons (Fsp3) is 0.158. The van der Waals surface area contributed by atoms with Gasteiger partial charge < -0.3 is 29.5 Å². The highest BCUT2D eigenvalue weighted by Gasteiger charge is 2.19. The van der Waals surface area contributed by atoms with E-state index in [4.69, 9.17) is 13.9 Å². The highest BCUT2D eigenvalue weighted by molar-refractivity contribution is 6.02. The highest BCUT2D eigenvalue weighted by atomic mass is 16.5. The Morgan fingerprint density at radius 1 is 1.11 bits per heavy atom. The summed E-state index contributed by atoms with van der Waals surface area (Å²) in [6.07, 6.45) is 0. The number of anilines is 2. The molecular formula is C19H15N2O6-. The third-order valence-corrected chi connectivity index (χ3v) is 4.35. The van der Waals surface area contributed by atoms with Gasteiger partial charge in [-0.3, -0.25) is 9.59 Å². The van der Waals surface area contributed by atoms with E-state index in [1.165, 1.54) is 20.3 Å². The number of hydrogen-bond acceptors (Lipinski definition) is 7. The van der Waals surface area contributed by atoms with E-state index < -0.39 is 0 Å². The van der Waals surface area contributed by atoms with Crippen LogP contribution in [0.1, 0.15) is 0 Å². The van der Waals surface area contributed by atoms with E-state index in [1.807, 2.05) is 0 Å². The Balaban J connectivity index is 1.91. The molecule has 0 saturated carbocycles. The summed E-state index contributed by atoms with van der Waals surface area (Å²) in [6.45, 7) is -0.289. The molecule has 0 aliphatic carbocycles. The van der Waals surface area contributed by atoms with Crippen molar-refractivity contribution in [2.45, 2.75) is 0 Å². The molecule has 2 heterocycles. The van der Waals surface area contributed by atoms with Crippen LogP contribution in [0.2, 0.25) is 0 Å². The number of carbonyl (C=O) groups excluding carboxylic acids is 1. The topological polar surface area (TPSA) is 104 Å². The fourth-order valence-electron chi connectivity index (χ4n) is 3.07. The lowest BCUT2D eigenvalue weighted by molar-refractivity contribution is -0.115. The van der Waals surface area contributed by atoms with Crippen LogP contribution in [0.4, 0.5) is 11.4 Å². The Morgan fingerprint density at radius 2 is 1.93 bits per heavy atom. The molecule has 1 aliphatic rings. The number of amides is 1. The van der Waals surface area contributed by atoms with E-state index in [9.17, 15) is 14.8 Å². The second-order valence-electron chi connectivity index (χ2n) is 5.97. The lowest BCUT2D eigenvalue weighted by Gasteiger charge is -2.35. The molecule has 0 unspecified atom stereocenters. The van der Waals surface area contributed by atoms with Gasteiger partial charge in [-0.1, -0.05) is 0 Å². The van der Waals surface area contributed by atoms with Gasteiger partial charge >= 0.3 is 0 Å². The molecule has 0 bridgehead atoms. The lowest BCUT2D eigenvalue weighted by atomic mass is 10.1. The van der Waals surface area contributed by atoms with E-state index >= 15 is 0 Å². The molecule has 0 spiro atoms. The van der Waals surface area contributed by atoms with Gasteiger partial charge in [0, 0.05) is 11.6 Å². The summed E-state index contributed by atoms with van der Waals surface area (Å²) in [4.78, 5) is 24.0. The van der Waals surface area contributed by atoms with E-state index in [0.29, 0.717) is 38.9 Å². The smallest absolute Gasteiger partial charge is 0.243 e. The van der Waals surface area contributed by atoms with Crippen LogP contribution in [0.3, 0.4) is 0 Å². The summed E-state index contributed by atoms with van der Waals surface area (Å²) < 4.78 is 16.5. The molecule has 4 rings (SSSR count). The minimum atomic E-state index is -0.376. The number of hydrogen-bond donors (Lipinski definition) is 1. The van der Waals surface area contributed by atoms with Crippen LogP contribution in [0.5, 0.6) is 11.5 Å². The molecule has 138 valence electrons. The number of fused-ring (bicyclic) bond motifs is 2. The molecule has 1 aliphatic heterocycles. The second kappa shape index (κ2) is 6.33. The number of benzene rings is 2. The highest BCUT2D eigenvalue weighted by Crippen LogP contribution is 2.38. The number of hydroxylamine groups is 1. The molecule has 0 atom stereocenters. The van der Waals surface area contributed by atoms with E-state index in [1.54, 1.807) is 30.3 Å². The third kappa shape index (κ3) is 2.76. The quantitative estimate of drug-likeness (QED) is 0.759. The van der Waals surface area contributed by atoms with Gasteiger partial charge in [-0.15, -0.1) is 0 Å². The Labute approximate surface area is 153 Å². The van der Waals surface area contributed by atoms with Gasteiger partial charge in [0.05, 0.1) is 37.5 Å². The van der Waals surface area contributed by atoms with Crippen LogP contribution in [0.15, 0.2) is 45.6 Å². The zero-order chi connectivity index (χ0) is 19.1. The molecule has 1 N–H and O–H groups in total. The van der Waals surface area contributed by atoms with Crippen molar-refractivity contribution in [1.29, 1.82) is 0 Å². The minimum Gasteiger partial charge on any atom is -0.758 e. The molecule has 0 saturated heterocycles. The van der Waals surface area contributed by atoms with Gasteiger partial charge in [0.1, 0.15) is 5.76 Å². The fourth-order valence-corrected chi connectivity index (χ4v) is 3.07. The van der Waals surface area contributed by atoms with E-state index in [-0.39, 0.29) is 29.2 Å². The largest absolute Gasteiger partial charge is 0.758 e. The lowest BCUT2D eigenvalue weighted by Crippen LogP contribution is -2.34. The van der Waals surface area contributed by atoms with Crippen molar-refractivity contribution in [1.82, 2.24) is 0 Å². The van der Waals surface area contributed by atoms with E-state index in [0.717, 1.165) is 0 Å². The Kier molecular flexibility index (Phi) is 3.97. The monoisotopic (exact) mass is 367 g/mol. The molecule has 8 nitrogen and oxygen atoms in total. The van der Waals surface area contributed by atoms with Crippen LogP contribution < -0.4 is 25.3 Å². The molecule has 27 heavy (non-hydrogen) atoms. The van der Waals surface area contributed by atoms with Crippen molar-refractivity contribution >= 4 is 28.3 Å². The molecule has 1 amide bonds. The Morgan fingerprint density at radius 3 is 2.67 bits per heavy atom. The molecule has 2 aromatic carbocycles. The Hall–Kier alpha value is -3.52. The van der Waals surface area contributed by atoms with Crippen LogP contribution >= 0.6 is 0 Å². The number of nitrogens with zero attached hydrogens (tertiary/aromatic N) is 1. The summed E-state index contributed by atoms with van der Waals surface area (Å²) in [5.41, 5.74) is 1.23. The SMILES string of the molecule is COc1ccc2c(=O)cc(-c3ccc4c(c3)N([O-])CC(=O)N4)oc2c1OC. The van der Waals surface area contributed by atoms with Crippen molar-refractivity contribution in [3.05, 3.63) is 51.8 Å². The zero-order valence-corrected chi connectivity index (χ0v) is 14.6. The minimum absolute atomic E-state index is 0.253. The maximum Gasteiger partial charge on any atom is 0.243 e. The number of rotatable bonds is 3. The number of nitrogens with one attached hydrogen (secondary N) is 1. The first-order valence-electron chi connectivity index (χ1n) is 8.09. The second-order valence-corrected chi connectivity index (χ2v) is 5.97. The maximum absolute atomic E-state index is 12.6. The summed E-state index contributed by atoms with van der Waals surface area (Å²) in [7, 11) is 2.95. The normalized spacial score (nSPS) is 13.3. The molecule has 3 aromatic rings. The third-order valence-electron chi connectivity index (χ3n) is 4.35. The standard InChI is InChI=1S/C19H15N2O6/c1-25-15-6-4-11-14(22)8-16(27-18(11)19(15)26-2)10-3-5-12-13(7-10)21(24)9-17(23)20-12/h3-8H,9H2,1-2H3,(H,20,23)/q-1. The molecule has 1 aromatic heterocycles. The predicted octanol–water partition coefficient (Wildman–Crippen LogP) is 2.73. The average molecular weight is 367 g/mol. The van der Waals surface area contributed by atoms with Crippen LogP contribution in [0, 0.1) is 5.21 Å². The van der Waals surface area contributed by atoms with Gasteiger partial charge in [-0.25, -0.2) is 0 Å². The van der Waals surface area contributed by atoms with Gasteiger partial charge in [0.2, 0.25) is 11.7 Å². The molecule has 8 heteroatoms. The first-order valence-corrected chi connectivity index (χ1v) is 8.09. The molecule has 0 radical (unpaired) electrons.